The quantitative estimate of drug-likeness (QED) is 0.349. The van der Waals surface area contributed by atoms with E-state index in [9.17, 15) is 4.79 Å². The van der Waals surface area contributed by atoms with Gasteiger partial charge in [-0.05, 0) is 88.1 Å². The number of rotatable bonds is 10. The molecule has 0 radical (unpaired) electrons. The highest BCUT2D eigenvalue weighted by atomic mass is 35.5. The van der Waals surface area contributed by atoms with Crippen LogP contribution in [0.25, 0.3) is 0 Å². The normalized spacial score (nSPS) is 15.2. The van der Waals surface area contributed by atoms with Crippen LogP contribution in [0.3, 0.4) is 0 Å². The van der Waals surface area contributed by atoms with Gasteiger partial charge in [-0.3, -0.25) is 9.78 Å². The molecule has 1 atom stereocenters. The number of piperidine rings is 1. The molecule has 2 aromatic heterocycles. The molecular formula is C30H38ClN5O2. The molecule has 3 heterocycles. The predicted octanol–water partition coefficient (Wildman–Crippen LogP) is 5.44. The Balaban J connectivity index is 1.32. The molecule has 0 spiro atoms. The van der Waals surface area contributed by atoms with Crippen molar-refractivity contribution in [3.63, 3.8) is 0 Å². The highest BCUT2D eigenvalue weighted by Crippen LogP contribution is 2.28. The van der Waals surface area contributed by atoms with Crippen LogP contribution < -0.4 is 15.0 Å². The van der Waals surface area contributed by atoms with Crippen molar-refractivity contribution in [3.05, 3.63) is 82.4 Å². The fourth-order valence-electron chi connectivity index (χ4n) is 5.30. The first-order chi connectivity index (χ1) is 18.4. The van der Waals surface area contributed by atoms with Gasteiger partial charge in [-0.2, -0.15) is 0 Å². The van der Waals surface area contributed by atoms with Gasteiger partial charge in [-0.1, -0.05) is 17.7 Å². The van der Waals surface area contributed by atoms with E-state index in [1.165, 1.54) is 5.69 Å². The van der Waals surface area contributed by atoms with Crippen LogP contribution in [-0.4, -0.2) is 59.6 Å². The number of ether oxygens (including phenoxy) is 1. The predicted molar refractivity (Wildman–Crippen MR) is 153 cm³/mol. The fourth-order valence-corrected chi connectivity index (χ4v) is 5.59. The topological polar surface area (TPSA) is 70.6 Å². The number of carbonyl (C=O) groups excluding carboxylic acids is 1. The first-order valence-corrected chi connectivity index (χ1v) is 13.7. The van der Waals surface area contributed by atoms with Crippen molar-refractivity contribution in [1.29, 1.82) is 0 Å². The summed E-state index contributed by atoms with van der Waals surface area (Å²) < 4.78 is 5.37. The molecule has 4 rings (SSSR count). The zero-order valence-corrected chi connectivity index (χ0v) is 23.5. The van der Waals surface area contributed by atoms with Gasteiger partial charge in [0.1, 0.15) is 10.9 Å². The van der Waals surface area contributed by atoms with Crippen LogP contribution in [0.4, 0.5) is 5.69 Å². The van der Waals surface area contributed by atoms with Crippen LogP contribution in [-0.2, 0) is 6.54 Å². The van der Waals surface area contributed by atoms with Crippen molar-refractivity contribution < 1.29 is 9.53 Å². The maximum absolute atomic E-state index is 12.8. The van der Waals surface area contributed by atoms with E-state index in [-0.39, 0.29) is 5.91 Å². The monoisotopic (exact) mass is 535 g/mol. The number of hydrogen-bond acceptors (Lipinski definition) is 6. The number of anilines is 1. The number of likely N-dealkylation sites (tertiary alicyclic amines) is 1. The number of aromatic nitrogens is 2. The van der Waals surface area contributed by atoms with E-state index in [2.05, 4.69) is 50.2 Å². The summed E-state index contributed by atoms with van der Waals surface area (Å²) in [7, 11) is 1.69. The number of amides is 1. The van der Waals surface area contributed by atoms with E-state index in [0.717, 1.165) is 55.9 Å². The van der Waals surface area contributed by atoms with Crippen molar-refractivity contribution in [2.75, 3.05) is 31.6 Å². The van der Waals surface area contributed by atoms with Crippen molar-refractivity contribution in [3.8, 4) is 5.75 Å². The molecule has 1 aliphatic rings. The van der Waals surface area contributed by atoms with Crippen LogP contribution in [0.1, 0.15) is 53.5 Å². The lowest BCUT2D eigenvalue weighted by Gasteiger charge is -2.41. The van der Waals surface area contributed by atoms with Gasteiger partial charge in [-0.15, -0.1) is 0 Å². The van der Waals surface area contributed by atoms with Crippen LogP contribution in [0, 0.1) is 13.8 Å². The Kier molecular flexibility index (Phi) is 9.58. The van der Waals surface area contributed by atoms with Gasteiger partial charge in [0.15, 0.2) is 0 Å². The maximum atomic E-state index is 12.8. The second-order valence-corrected chi connectivity index (χ2v) is 10.4. The third-order valence-electron chi connectivity index (χ3n) is 7.47. The lowest BCUT2D eigenvalue weighted by molar-refractivity contribution is 0.0943. The second kappa shape index (κ2) is 13.1. The van der Waals surface area contributed by atoms with Gasteiger partial charge in [0.05, 0.1) is 30.6 Å². The van der Waals surface area contributed by atoms with Crippen molar-refractivity contribution >= 4 is 23.2 Å². The number of nitrogens with one attached hydrogen (secondary N) is 1. The Morgan fingerprint density at radius 1 is 1.18 bits per heavy atom. The summed E-state index contributed by atoms with van der Waals surface area (Å²) in [6.07, 6.45) is 4.90. The Labute approximate surface area is 231 Å². The summed E-state index contributed by atoms with van der Waals surface area (Å²) in [4.78, 5) is 26.6. The van der Waals surface area contributed by atoms with Gasteiger partial charge < -0.3 is 19.9 Å². The molecular weight excluding hydrogens is 498 g/mol. The number of nitrogens with zero attached hydrogens (tertiary/aromatic N) is 4. The number of halogens is 1. The van der Waals surface area contributed by atoms with Gasteiger partial charge >= 0.3 is 0 Å². The maximum Gasteiger partial charge on any atom is 0.253 e. The number of methoxy groups -OCH3 is 1. The Hall–Kier alpha value is -3.16. The molecule has 7 nitrogen and oxygen atoms in total. The highest BCUT2D eigenvalue weighted by Gasteiger charge is 2.27. The minimum Gasteiger partial charge on any atom is -0.497 e. The van der Waals surface area contributed by atoms with Crippen molar-refractivity contribution in [2.24, 2.45) is 0 Å². The molecule has 1 aliphatic heterocycles. The van der Waals surface area contributed by atoms with Crippen LogP contribution in [0.2, 0.25) is 5.15 Å². The molecule has 0 saturated carbocycles. The average Bonchev–Trinajstić information content (AvgIpc) is 2.92. The SMILES string of the molecule is COc1ccc(N(Cc2ccccn2)C2CCN([C@H](C)CCNC(=O)c3c(C)cc(Cl)nc3C)CC2)cc1. The lowest BCUT2D eigenvalue weighted by atomic mass is 9.99. The molecule has 1 aromatic carbocycles. The van der Waals surface area contributed by atoms with Crippen LogP contribution >= 0.6 is 11.6 Å². The average molecular weight is 536 g/mol. The summed E-state index contributed by atoms with van der Waals surface area (Å²) in [5.74, 6) is 0.777. The number of hydrogen-bond donors (Lipinski definition) is 1. The van der Waals surface area contributed by atoms with Crippen LogP contribution in [0.5, 0.6) is 5.75 Å². The molecule has 1 fully saturated rings. The summed E-state index contributed by atoms with van der Waals surface area (Å²) in [6, 6.07) is 17.0. The minimum atomic E-state index is -0.0836. The Bertz CT molecular complexity index is 1170. The van der Waals surface area contributed by atoms with E-state index in [1.54, 1.807) is 13.2 Å². The standard InChI is InChI=1S/C30H38ClN5O2/c1-21-19-28(31)34-23(3)29(21)30(37)33-16-12-22(2)35-17-13-26(14-18-35)36(20-24-7-5-6-15-32-24)25-8-10-27(38-4)11-9-25/h5-11,15,19,22,26H,12-14,16-18,20H2,1-4H3,(H,33,37)/t22-/m1/s1. The molecule has 202 valence electrons. The summed E-state index contributed by atoms with van der Waals surface area (Å²) in [5.41, 5.74) is 4.38. The summed E-state index contributed by atoms with van der Waals surface area (Å²) in [6.45, 7) is 9.41. The minimum absolute atomic E-state index is 0.0836. The van der Waals surface area contributed by atoms with E-state index in [1.807, 2.05) is 44.3 Å². The van der Waals surface area contributed by atoms with Crippen molar-refractivity contribution in [2.45, 2.75) is 58.7 Å². The summed E-state index contributed by atoms with van der Waals surface area (Å²) >= 11 is 6.02. The number of pyridine rings is 2. The molecule has 1 amide bonds. The number of carbonyl (C=O) groups is 1. The van der Waals surface area contributed by atoms with Gasteiger partial charge in [0.25, 0.3) is 5.91 Å². The van der Waals surface area contributed by atoms with Crippen LogP contribution in [0.15, 0.2) is 54.7 Å². The molecule has 0 unspecified atom stereocenters. The lowest BCUT2D eigenvalue weighted by Crippen LogP contribution is -2.48. The summed E-state index contributed by atoms with van der Waals surface area (Å²) in [5, 5.41) is 3.50. The van der Waals surface area contributed by atoms with Gasteiger partial charge in [0, 0.05) is 43.6 Å². The largest absolute Gasteiger partial charge is 0.497 e. The van der Waals surface area contributed by atoms with E-state index in [4.69, 9.17) is 16.3 Å². The number of aryl methyl sites for hydroxylation is 2. The highest BCUT2D eigenvalue weighted by molar-refractivity contribution is 6.29. The molecule has 3 aromatic rings. The third kappa shape index (κ3) is 7.03. The van der Waals surface area contributed by atoms with Crippen molar-refractivity contribution in [1.82, 2.24) is 20.2 Å². The second-order valence-electron chi connectivity index (χ2n) is 10.0. The molecule has 38 heavy (non-hydrogen) atoms. The third-order valence-corrected chi connectivity index (χ3v) is 7.66. The Morgan fingerprint density at radius 2 is 1.92 bits per heavy atom. The zero-order valence-electron chi connectivity index (χ0n) is 22.8. The molecule has 0 aliphatic carbocycles. The van der Waals surface area contributed by atoms with Gasteiger partial charge in [0.2, 0.25) is 0 Å². The molecule has 1 saturated heterocycles. The smallest absolute Gasteiger partial charge is 0.253 e. The molecule has 1 N–H and O–H groups in total. The zero-order chi connectivity index (χ0) is 27.1. The molecule has 0 bridgehead atoms. The first-order valence-electron chi connectivity index (χ1n) is 13.3. The Morgan fingerprint density at radius 3 is 2.55 bits per heavy atom. The van der Waals surface area contributed by atoms with E-state index >= 15 is 0 Å². The number of benzene rings is 1. The first kappa shape index (κ1) is 27.9. The van der Waals surface area contributed by atoms with E-state index in [0.29, 0.717) is 35.0 Å². The molecule has 8 heteroatoms. The van der Waals surface area contributed by atoms with Gasteiger partial charge in [-0.25, -0.2) is 4.98 Å². The van der Waals surface area contributed by atoms with E-state index < -0.39 is 0 Å². The fraction of sp³-hybridized carbons (Fsp3) is 0.433.